The van der Waals surface area contributed by atoms with Gasteiger partial charge in [-0.1, -0.05) is 33.8 Å². The van der Waals surface area contributed by atoms with Gasteiger partial charge in [0.1, 0.15) is 12.4 Å². The first-order valence-electron chi connectivity index (χ1n) is 10.3. The highest BCUT2D eigenvalue weighted by molar-refractivity contribution is 5.90. The molecule has 0 aromatic heterocycles. The van der Waals surface area contributed by atoms with Gasteiger partial charge < -0.3 is 19.1 Å². The molecule has 0 N–H and O–H groups in total. The van der Waals surface area contributed by atoms with Gasteiger partial charge in [0.2, 0.25) is 5.91 Å². The number of benzene rings is 1. The minimum Gasteiger partial charge on any atom is -0.491 e. The van der Waals surface area contributed by atoms with Gasteiger partial charge in [-0.2, -0.15) is 0 Å². The molecule has 6 heteroatoms. The molecule has 2 aliphatic rings. The normalized spacial score (nSPS) is 19.6. The molecular weight excluding hydrogens is 358 g/mol. The number of ether oxygens (including phenoxy) is 3. The number of nitrogens with zero attached hydrogens (tertiary/aromatic N) is 1. The van der Waals surface area contributed by atoms with Gasteiger partial charge in [0.15, 0.2) is 0 Å². The average Bonchev–Trinajstić information content (AvgIpc) is 2.93. The highest BCUT2D eigenvalue weighted by Gasteiger charge is 2.36. The van der Waals surface area contributed by atoms with Crippen molar-refractivity contribution in [3.63, 3.8) is 0 Å². The SMILES string of the molecule is CC.COC(=O)c1ccc2c(c1)OCCN(C(=O)C1CCOCC1)[C@@H]2C(C)C. The molecule has 6 nitrogen and oxygen atoms in total. The van der Waals surface area contributed by atoms with Gasteiger partial charge in [-0.3, -0.25) is 4.79 Å². The van der Waals surface area contributed by atoms with Crippen molar-refractivity contribution in [3.8, 4) is 5.75 Å². The topological polar surface area (TPSA) is 65.1 Å². The van der Waals surface area contributed by atoms with Crippen LogP contribution in [0.4, 0.5) is 0 Å². The van der Waals surface area contributed by atoms with Crippen LogP contribution in [-0.4, -0.2) is 50.3 Å². The molecule has 1 aromatic rings. The van der Waals surface area contributed by atoms with Gasteiger partial charge in [-0.15, -0.1) is 0 Å². The van der Waals surface area contributed by atoms with E-state index in [9.17, 15) is 9.59 Å². The predicted molar refractivity (Wildman–Crippen MR) is 107 cm³/mol. The number of amides is 1. The molecule has 2 heterocycles. The maximum atomic E-state index is 13.2. The largest absolute Gasteiger partial charge is 0.491 e. The maximum absolute atomic E-state index is 13.2. The summed E-state index contributed by atoms with van der Waals surface area (Å²) >= 11 is 0. The minimum absolute atomic E-state index is 0.0147. The van der Waals surface area contributed by atoms with Crippen LogP contribution in [0.1, 0.15) is 62.5 Å². The second kappa shape index (κ2) is 10.5. The Hall–Kier alpha value is -2.08. The van der Waals surface area contributed by atoms with E-state index in [1.807, 2.05) is 24.8 Å². The van der Waals surface area contributed by atoms with E-state index in [0.29, 0.717) is 37.7 Å². The number of esters is 1. The smallest absolute Gasteiger partial charge is 0.337 e. The Morgan fingerprint density at radius 2 is 1.82 bits per heavy atom. The summed E-state index contributed by atoms with van der Waals surface area (Å²) in [5, 5.41) is 0. The van der Waals surface area contributed by atoms with Crippen LogP contribution in [0, 0.1) is 11.8 Å². The lowest BCUT2D eigenvalue weighted by atomic mass is 9.90. The number of fused-ring (bicyclic) bond motifs is 1. The van der Waals surface area contributed by atoms with E-state index in [-0.39, 0.29) is 23.8 Å². The molecule has 1 saturated heterocycles. The molecule has 0 unspecified atom stereocenters. The fraction of sp³-hybridized carbons (Fsp3) is 0.636. The molecule has 0 spiro atoms. The van der Waals surface area contributed by atoms with Crippen LogP contribution in [0.5, 0.6) is 5.75 Å². The molecule has 0 radical (unpaired) electrons. The molecule has 0 saturated carbocycles. The zero-order chi connectivity index (χ0) is 20.7. The number of carbonyl (C=O) groups excluding carboxylic acids is 2. The first-order valence-corrected chi connectivity index (χ1v) is 10.3. The van der Waals surface area contributed by atoms with Crippen LogP contribution < -0.4 is 4.74 Å². The van der Waals surface area contributed by atoms with Crippen molar-refractivity contribution in [2.75, 3.05) is 33.5 Å². The number of carbonyl (C=O) groups is 2. The highest BCUT2D eigenvalue weighted by atomic mass is 16.5. The number of rotatable bonds is 3. The van der Waals surface area contributed by atoms with E-state index in [0.717, 1.165) is 18.4 Å². The van der Waals surface area contributed by atoms with Gasteiger partial charge >= 0.3 is 5.97 Å². The van der Waals surface area contributed by atoms with Crippen LogP contribution in [-0.2, 0) is 14.3 Å². The van der Waals surface area contributed by atoms with Crippen molar-refractivity contribution in [2.24, 2.45) is 11.8 Å². The molecular formula is C22H33NO5. The van der Waals surface area contributed by atoms with Crippen molar-refractivity contribution < 1.29 is 23.8 Å². The van der Waals surface area contributed by atoms with Crippen molar-refractivity contribution in [1.29, 1.82) is 0 Å². The zero-order valence-corrected chi connectivity index (χ0v) is 17.7. The lowest BCUT2D eigenvalue weighted by Crippen LogP contribution is -2.43. The summed E-state index contributed by atoms with van der Waals surface area (Å²) in [7, 11) is 1.36. The van der Waals surface area contributed by atoms with Crippen molar-refractivity contribution in [3.05, 3.63) is 29.3 Å². The monoisotopic (exact) mass is 391 g/mol. The summed E-state index contributed by atoms with van der Waals surface area (Å²) < 4.78 is 16.1. The fourth-order valence-electron chi connectivity index (χ4n) is 3.85. The highest BCUT2D eigenvalue weighted by Crippen LogP contribution is 2.38. The Bertz CT molecular complexity index is 667. The number of hydrogen-bond acceptors (Lipinski definition) is 5. The Kier molecular flexibility index (Phi) is 8.30. The third kappa shape index (κ3) is 4.85. The quantitative estimate of drug-likeness (QED) is 0.733. The summed E-state index contributed by atoms with van der Waals surface area (Å²) in [5.74, 6) is 0.690. The van der Waals surface area contributed by atoms with Gasteiger partial charge in [0, 0.05) is 24.7 Å². The van der Waals surface area contributed by atoms with Crippen LogP contribution in [0.25, 0.3) is 0 Å². The third-order valence-electron chi connectivity index (χ3n) is 5.16. The first-order chi connectivity index (χ1) is 13.5. The lowest BCUT2D eigenvalue weighted by Gasteiger charge is -2.36. The zero-order valence-electron chi connectivity index (χ0n) is 17.7. The summed E-state index contributed by atoms with van der Waals surface area (Å²) in [6.45, 7) is 10.5. The van der Waals surface area contributed by atoms with Crippen molar-refractivity contribution in [2.45, 2.75) is 46.6 Å². The van der Waals surface area contributed by atoms with Gasteiger partial charge in [0.25, 0.3) is 0 Å². The standard InChI is InChI=1S/C20H27NO5.C2H6/c1-13(2)18-16-5-4-15(20(23)24-3)12-17(16)26-11-8-21(18)19(22)14-6-9-25-10-7-14;1-2/h4-5,12-14,18H,6-11H2,1-3H3;1-2H3/t18-;/m1./s1. The van der Waals surface area contributed by atoms with E-state index in [2.05, 4.69) is 13.8 Å². The summed E-state index contributed by atoms with van der Waals surface area (Å²) in [5.41, 5.74) is 1.41. The molecule has 3 rings (SSSR count). The molecule has 0 bridgehead atoms. The molecule has 1 amide bonds. The second-order valence-corrected chi connectivity index (χ2v) is 7.20. The minimum atomic E-state index is -0.392. The van der Waals surface area contributed by atoms with Gasteiger partial charge in [0.05, 0.1) is 25.3 Å². The third-order valence-corrected chi connectivity index (χ3v) is 5.16. The van der Waals surface area contributed by atoms with E-state index in [1.54, 1.807) is 12.1 Å². The van der Waals surface area contributed by atoms with E-state index in [1.165, 1.54) is 7.11 Å². The number of hydrogen-bond donors (Lipinski definition) is 0. The molecule has 2 aliphatic heterocycles. The molecule has 28 heavy (non-hydrogen) atoms. The second-order valence-electron chi connectivity index (χ2n) is 7.20. The van der Waals surface area contributed by atoms with Crippen LogP contribution >= 0.6 is 0 Å². The van der Waals surface area contributed by atoms with E-state index >= 15 is 0 Å². The first kappa shape index (κ1) is 22.2. The molecule has 1 aromatic carbocycles. The Balaban J connectivity index is 0.00000136. The Morgan fingerprint density at radius 3 is 2.43 bits per heavy atom. The van der Waals surface area contributed by atoms with Crippen LogP contribution in [0.3, 0.4) is 0 Å². The Labute approximate surface area is 168 Å². The Morgan fingerprint density at radius 1 is 1.14 bits per heavy atom. The van der Waals surface area contributed by atoms with Crippen molar-refractivity contribution >= 4 is 11.9 Å². The molecule has 156 valence electrons. The summed E-state index contributed by atoms with van der Waals surface area (Å²) in [6.07, 6.45) is 1.55. The van der Waals surface area contributed by atoms with Gasteiger partial charge in [-0.25, -0.2) is 4.79 Å². The maximum Gasteiger partial charge on any atom is 0.337 e. The predicted octanol–water partition coefficient (Wildman–Crippen LogP) is 3.84. The molecule has 1 fully saturated rings. The summed E-state index contributed by atoms with van der Waals surface area (Å²) in [6, 6.07) is 5.28. The van der Waals surface area contributed by atoms with Crippen molar-refractivity contribution in [1.82, 2.24) is 4.90 Å². The molecule has 0 aliphatic carbocycles. The van der Waals surface area contributed by atoms with Crippen LogP contribution in [0.2, 0.25) is 0 Å². The van der Waals surface area contributed by atoms with Gasteiger partial charge in [-0.05, 0) is 30.9 Å². The van der Waals surface area contributed by atoms with E-state index < -0.39 is 5.97 Å². The summed E-state index contributed by atoms with van der Waals surface area (Å²) in [4.78, 5) is 27.0. The number of methoxy groups -OCH3 is 1. The average molecular weight is 392 g/mol. The molecule has 1 atom stereocenters. The van der Waals surface area contributed by atoms with Crippen LogP contribution in [0.15, 0.2) is 18.2 Å². The fourth-order valence-corrected chi connectivity index (χ4v) is 3.85. The lowest BCUT2D eigenvalue weighted by molar-refractivity contribution is -0.142. The van der Waals surface area contributed by atoms with E-state index in [4.69, 9.17) is 14.2 Å².